The van der Waals surface area contributed by atoms with Gasteiger partial charge in [0.2, 0.25) is 0 Å². The molecule has 1 aromatic carbocycles. The van der Waals surface area contributed by atoms with Gasteiger partial charge in [-0.1, -0.05) is 13.8 Å². The standard InChI is InChI=1S/C21H26N4O2/c1-21(2)7-6-15-18(12-21)23-24-19(15)17-11-14-10-13(4-5-16(14)22-17)20(27)25(3)8-9-26/h4-5,10-11,22,26H,6-9,12H2,1-3H3,(H,23,24). The molecular weight excluding hydrogens is 340 g/mol. The van der Waals surface area contributed by atoms with Crippen LogP contribution in [0.5, 0.6) is 0 Å². The molecule has 1 aliphatic carbocycles. The fraction of sp³-hybridized carbons (Fsp3) is 0.429. The molecule has 1 aliphatic rings. The summed E-state index contributed by atoms with van der Waals surface area (Å²) in [5.74, 6) is -0.0897. The molecule has 0 radical (unpaired) electrons. The number of H-pyrrole nitrogens is 2. The number of carbonyl (C=O) groups excluding carboxylic acids is 1. The fourth-order valence-electron chi connectivity index (χ4n) is 3.94. The van der Waals surface area contributed by atoms with Crippen LogP contribution in [0.2, 0.25) is 0 Å². The number of aromatic nitrogens is 3. The summed E-state index contributed by atoms with van der Waals surface area (Å²) in [4.78, 5) is 17.4. The van der Waals surface area contributed by atoms with Gasteiger partial charge >= 0.3 is 0 Å². The molecule has 6 nitrogen and oxygen atoms in total. The zero-order chi connectivity index (χ0) is 19.2. The van der Waals surface area contributed by atoms with Gasteiger partial charge in [-0.05, 0) is 48.9 Å². The van der Waals surface area contributed by atoms with Gasteiger partial charge < -0.3 is 15.0 Å². The highest BCUT2D eigenvalue weighted by Crippen LogP contribution is 2.38. The second-order valence-electron chi connectivity index (χ2n) is 8.31. The predicted molar refractivity (Wildman–Crippen MR) is 106 cm³/mol. The number of hydrogen-bond donors (Lipinski definition) is 3. The fourth-order valence-corrected chi connectivity index (χ4v) is 3.94. The van der Waals surface area contributed by atoms with E-state index in [1.165, 1.54) is 16.2 Å². The predicted octanol–water partition coefficient (Wildman–Crippen LogP) is 3.14. The third-order valence-corrected chi connectivity index (χ3v) is 5.56. The Hall–Kier alpha value is -2.60. The number of carbonyl (C=O) groups is 1. The average Bonchev–Trinajstić information content (AvgIpc) is 3.22. The number of aromatic amines is 2. The first-order chi connectivity index (χ1) is 12.9. The summed E-state index contributed by atoms with van der Waals surface area (Å²) in [5, 5.41) is 17.8. The molecule has 2 heterocycles. The highest BCUT2D eigenvalue weighted by Gasteiger charge is 2.29. The van der Waals surface area contributed by atoms with Crippen molar-refractivity contribution in [2.24, 2.45) is 5.41 Å². The smallest absolute Gasteiger partial charge is 0.253 e. The van der Waals surface area contributed by atoms with Gasteiger partial charge in [0.15, 0.2) is 0 Å². The van der Waals surface area contributed by atoms with Crippen LogP contribution in [0.3, 0.4) is 0 Å². The molecule has 2 aromatic heterocycles. The van der Waals surface area contributed by atoms with Crippen molar-refractivity contribution in [2.45, 2.75) is 33.1 Å². The number of aliphatic hydroxyl groups excluding tert-OH is 1. The molecular formula is C21H26N4O2. The topological polar surface area (TPSA) is 85.0 Å². The Morgan fingerprint density at radius 1 is 1.33 bits per heavy atom. The van der Waals surface area contributed by atoms with Gasteiger partial charge in [0.1, 0.15) is 5.69 Å². The minimum Gasteiger partial charge on any atom is -0.395 e. The number of hydrogen-bond acceptors (Lipinski definition) is 3. The molecule has 3 N–H and O–H groups in total. The maximum atomic E-state index is 12.5. The van der Waals surface area contributed by atoms with Gasteiger partial charge in [-0.3, -0.25) is 9.89 Å². The molecule has 4 rings (SSSR count). The lowest BCUT2D eigenvalue weighted by atomic mass is 9.76. The van der Waals surface area contributed by atoms with Gasteiger partial charge in [0, 0.05) is 41.3 Å². The van der Waals surface area contributed by atoms with Crippen LogP contribution in [-0.4, -0.2) is 51.3 Å². The number of amides is 1. The molecule has 0 saturated heterocycles. The molecule has 0 fully saturated rings. The van der Waals surface area contributed by atoms with Gasteiger partial charge in [-0.25, -0.2) is 0 Å². The van der Waals surface area contributed by atoms with Crippen molar-refractivity contribution in [1.82, 2.24) is 20.1 Å². The van der Waals surface area contributed by atoms with E-state index in [1.54, 1.807) is 7.05 Å². The molecule has 6 heteroatoms. The number of benzene rings is 1. The Morgan fingerprint density at radius 3 is 2.93 bits per heavy atom. The minimum absolute atomic E-state index is 0.0418. The second kappa shape index (κ2) is 6.53. The van der Waals surface area contributed by atoms with Gasteiger partial charge in [0.05, 0.1) is 12.3 Å². The van der Waals surface area contributed by atoms with E-state index >= 15 is 0 Å². The lowest BCUT2D eigenvalue weighted by Gasteiger charge is -2.28. The van der Waals surface area contributed by atoms with Crippen LogP contribution in [0.4, 0.5) is 0 Å². The summed E-state index contributed by atoms with van der Waals surface area (Å²) in [6.07, 6.45) is 3.20. The molecule has 0 spiro atoms. The number of likely N-dealkylation sites (N-methyl/N-ethyl adjacent to an activating group) is 1. The van der Waals surface area contributed by atoms with Crippen molar-refractivity contribution in [3.05, 3.63) is 41.1 Å². The van der Waals surface area contributed by atoms with E-state index in [2.05, 4.69) is 35.1 Å². The number of rotatable bonds is 4. The van der Waals surface area contributed by atoms with Crippen molar-refractivity contribution < 1.29 is 9.90 Å². The van der Waals surface area contributed by atoms with Crippen molar-refractivity contribution in [2.75, 3.05) is 20.2 Å². The van der Waals surface area contributed by atoms with Gasteiger partial charge in [-0.15, -0.1) is 0 Å². The normalized spacial score (nSPS) is 15.7. The number of fused-ring (bicyclic) bond motifs is 2. The van der Waals surface area contributed by atoms with E-state index < -0.39 is 0 Å². The molecule has 27 heavy (non-hydrogen) atoms. The van der Waals surface area contributed by atoms with E-state index in [-0.39, 0.29) is 12.5 Å². The summed E-state index contributed by atoms with van der Waals surface area (Å²) in [5.41, 5.74) is 6.43. The molecule has 0 saturated carbocycles. The first-order valence-electron chi connectivity index (χ1n) is 9.43. The SMILES string of the molecule is CN(CCO)C(=O)c1ccc2[nH]c(-c3n[nH]c4c3CCC(C)(C)C4)cc2c1. The second-order valence-corrected chi connectivity index (χ2v) is 8.31. The van der Waals surface area contributed by atoms with Crippen LogP contribution in [-0.2, 0) is 12.8 Å². The van der Waals surface area contributed by atoms with Crippen molar-refractivity contribution >= 4 is 16.8 Å². The molecule has 1 amide bonds. The lowest BCUT2D eigenvalue weighted by Crippen LogP contribution is -2.29. The minimum atomic E-state index is -0.0897. The Balaban J connectivity index is 1.67. The van der Waals surface area contributed by atoms with Crippen LogP contribution in [0.25, 0.3) is 22.3 Å². The Morgan fingerprint density at radius 2 is 2.15 bits per heavy atom. The Kier molecular flexibility index (Phi) is 4.30. The van der Waals surface area contributed by atoms with Gasteiger partial charge in [0.25, 0.3) is 5.91 Å². The highest BCUT2D eigenvalue weighted by atomic mass is 16.3. The largest absolute Gasteiger partial charge is 0.395 e. The Labute approximate surface area is 158 Å². The van der Waals surface area contributed by atoms with Crippen molar-refractivity contribution in [1.29, 1.82) is 0 Å². The summed E-state index contributed by atoms with van der Waals surface area (Å²) in [7, 11) is 1.70. The van der Waals surface area contributed by atoms with E-state index in [0.29, 0.717) is 17.5 Å². The monoisotopic (exact) mass is 366 g/mol. The third kappa shape index (κ3) is 3.25. The first-order valence-corrected chi connectivity index (χ1v) is 9.43. The van der Waals surface area contributed by atoms with Crippen LogP contribution in [0.15, 0.2) is 24.3 Å². The van der Waals surface area contributed by atoms with Crippen LogP contribution < -0.4 is 0 Å². The van der Waals surface area contributed by atoms with Crippen LogP contribution >= 0.6 is 0 Å². The molecule has 0 bridgehead atoms. The molecule has 142 valence electrons. The molecule has 0 aliphatic heterocycles. The van der Waals surface area contributed by atoms with Crippen molar-refractivity contribution in [3.8, 4) is 11.4 Å². The number of nitrogens with one attached hydrogen (secondary N) is 2. The zero-order valence-corrected chi connectivity index (χ0v) is 16.1. The quantitative estimate of drug-likeness (QED) is 0.663. The van der Waals surface area contributed by atoms with E-state index in [9.17, 15) is 4.79 Å². The van der Waals surface area contributed by atoms with Crippen molar-refractivity contribution in [3.63, 3.8) is 0 Å². The molecule has 0 atom stereocenters. The Bertz CT molecular complexity index is 999. The first kappa shape index (κ1) is 17.8. The molecule has 3 aromatic rings. The van der Waals surface area contributed by atoms with E-state index in [0.717, 1.165) is 41.6 Å². The summed E-state index contributed by atoms with van der Waals surface area (Å²) in [6.45, 7) is 4.88. The van der Waals surface area contributed by atoms with Crippen LogP contribution in [0, 0.1) is 5.41 Å². The number of nitrogens with zero attached hydrogens (tertiary/aromatic N) is 2. The maximum absolute atomic E-state index is 12.5. The zero-order valence-electron chi connectivity index (χ0n) is 16.1. The number of aliphatic hydroxyl groups is 1. The summed E-state index contributed by atoms with van der Waals surface area (Å²) in [6, 6.07) is 7.71. The molecule has 0 unspecified atom stereocenters. The van der Waals surface area contributed by atoms with Gasteiger partial charge in [-0.2, -0.15) is 5.10 Å². The summed E-state index contributed by atoms with van der Waals surface area (Å²) >= 11 is 0. The van der Waals surface area contributed by atoms with E-state index in [1.807, 2.05) is 18.2 Å². The summed E-state index contributed by atoms with van der Waals surface area (Å²) < 4.78 is 0. The van der Waals surface area contributed by atoms with E-state index in [4.69, 9.17) is 5.11 Å². The average molecular weight is 366 g/mol. The van der Waals surface area contributed by atoms with Crippen LogP contribution in [0.1, 0.15) is 41.9 Å². The lowest BCUT2D eigenvalue weighted by molar-refractivity contribution is 0.0767. The highest BCUT2D eigenvalue weighted by molar-refractivity contribution is 5.98. The maximum Gasteiger partial charge on any atom is 0.253 e. The third-order valence-electron chi connectivity index (χ3n) is 5.56.